The van der Waals surface area contributed by atoms with Crippen molar-refractivity contribution in [1.29, 1.82) is 0 Å². The predicted octanol–water partition coefficient (Wildman–Crippen LogP) is 6.75. The topological polar surface area (TPSA) is 116 Å². The third-order valence-electron chi connectivity index (χ3n) is 7.18. The Morgan fingerprint density at radius 3 is 2.43 bits per heavy atom. The van der Waals surface area contributed by atoms with Crippen molar-refractivity contribution in [3.63, 3.8) is 0 Å². The molecule has 14 heteroatoms. The number of methoxy groups -OCH3 is 1. The largest absolute Gasteiger partial charge is 0.481 e. The maximum absolute atomic E-state index is 15.4. The predicted molar refractivity (Wildman–Crippen MR) is 166 cm³/mol. The van der Waals surface area contributed by atoms with Crippen molar-refractivity contribution in [3.8, 4) is 28.3 Å². The molecule has 2 aromatic carbocycles. The highest BCUT2D eigenvalue weighted by atomic mass is 32.2. The molecule has 6 aromatic rings. The zero-order valence-electron chi connectivity index (χ0n) is 24.4. The van der Waals surface area contributed by atoms with Gasteiger partial charge in [-0.05, 0) is 48.0 Å². The molecule has 238 valence electrons. The highest BCUT2D eigenvalue weighted by Gasteiger charge is 2.31. The van der Waals surface area contributed by atoms with E-state index in [1.54, 1.807) is 42.5 Å². The molecule has 0 aliphatic carbocycles. The monoisotopic (exact) mass is 661 g/mol. The number of amides is 1. The molecule has 0 atom stereocenters. The smallest absolute Gasteiger partial charge is 0.417 e. The van der Waals surface area contributed by atoms with E-state index in [-0.39, 0.29) is 45.4 Å². The standard InChI is InChI=1S/C33H23F4N5O4S/c1-46-31-15-21(9-10-39-31)29-14-22-13-23(17-40-32(22)42(29)47(44,45)26-5-3-2-4-6-26)27-8-7-20(11-28(27)34)12-30(43)41-25-16-24(18-38-19-25)33(35,36)37/h2-11,13-19H,12H2,1H3,(H,41,43). The Morgan fingerprint density at radius 1 is 0.915 bits per heavy atom. The lowest BCUT2D eigenvalue weighted by atomic mass is 10.0. The molecular weight excluding hydrogens is 638 g/mol. The molecule has 1 amide bonds. The summed E-state index contributed by atoms with van der Waals surface area (Å²) < 4.78 is 88.5. The molecule has 9 nitrogen and oxygen atoms in total. The Hall–Kier alpha value is -5.63. The van der Waals surface area contributed by atoms with Crippen LogP contribution in [-0.4, -0.2) is 40.4 Å². The van der Waals surface area contributed by atoms with Gasteiger partial charge in [-0.15, -0.1) is 0 Å². The fourth-order valence-electron chi connectivity index (χ4n) is 5.00. The Kier molecular flexibility index (Phi) is 8.20. The summed E-state index contributed by atoms with van der Waals surface area (Å²) in [6, 6.07) is 19.2. The Morgan fingerprint density at radius 2 is 1.70 bits per heavy atom. The second-order valence-electron chi connectivity index (χ2n) is 10.3. The van der Waals surface area contributed by atoms with E-state index < -0.39 is 33.5 Å². The van der Waals surface area contributed by atoms with Crippen molar-refractivity contribution in [3.05, 3.63) is 121 Å². The van der Waals surface area contributed by atoms with Crippen LogP contribution in [0.1, 0.15) is 11.1 Å². The summed E-state index contributed by atoms with van der Waals surface area (Å²) in [7, 11) is -2.69. The molecule has 47 heavy (non-hydrogen) atoms. The van der Waals surface area contributed by atoms with Crippen LogP contribution in [0.15, 0.2) is 109 Å². The summed E-state index contributed by atoms with van der Waals surface area (Å²) >= 11 is 0. The first-order chi connectivity index (χ1) is 22.4. The molecule has 6 rings (SSSR count). The quantitative estimate of drug-likeness (QED) is 0.180. The second kappa shape index (κ2) is 12.3. The van der Waals surface area contributed by atoms with E-state index in [2.05, 4.69) is 20.3 Å². The molecule has 0 fully saturated rings. The zero-order chi connectivity index (χ0) is 33.3. The van der Waals surface area contributed by atoms with E-state index in [9.17, 15) is 26.4 Å². The number of aromatic nitrogens is 4. The Balaban J connectivity index is 1.33. The van der Waals surface area contributed by atoms with Gasteiger partial charge in [0, 0.05) is 46.7 Å². The number of ether oxygens (including phenoxy) is 1. The number of alkyl halides is 3. The molecule has 1 N–H and O–H groups in total. The molecule has 0 aliphatic heterocycles. The van der Waals surface area contributed by atoms with Crippen LogP contribution in [0.3, 0.4) is 0 Å². The number of hydrogen-bond donors (Lipinski definition) is 1. The van der Waals surface area contributed by atoms with Gasteiger partial charge >= 0.3 is 6.18 Å². The van der Waals surface area contributed by atoms with Crippen LogP contribution in [0.25, 0.3) is 33.4 Å². The zero-order valence-corrected chi connectivity index (χ0v) is 25.2. The van der Waals surface area contributed by atoms with Gasteiger partial charge in [0.15, 0.2) is 5.65 Å². The van der Waals surface area contributed by atoms with Gasteiger partial charge in [-0.1, -0.05) is 30.3 Å². The van der Waals surface area contributed by atoms with Gasteiger partial charge in [0.2, 0.25) is 11.8 Å². The molecule has 0 saturated heterocycles. The fourth-order valence-corrected chi connectivity index (χ4v) is 6.51. The van der Waals surface area contributed by atoms with E-state index >= 15 is 4.39 Å². The SMILES string of the molecule is COc1cc(-c2cc3cc(-c4ccc(CC(=O)Nc5cncc(C(F)(F)F)c5)cc4F)cnc3n2S(=O)(=O)c2ccccc2)ccn1. The maximum atomic E-state index is 15.4. The summed E-state index contributed by atoms with van der Waals surface area (Å²) in [4.78, 5) is 24.6. The van der Waals surface area contributed by atoms with Crippen LogP contribution >= 0.6 is 0 Å². The first kappa shape index (κ1) is 31.4. The minimum absolute atomic E-state index is 0.0423. The summed E-state index contributed by atoms with van der Waals surface area (Å²) in [5.41, 5.74) is 0.472. The lowest BCUT2D eigenvalue weighted by Gasteiger charge is -2.12. The van der Waals surface area contributed by atoms with Gasteiger partial charge < -0.3 is 10.1 Å². The van der Waals surface area contributed by atoms with Gasteiger partial charge in [0.25, 0.3) is 10.0 Å². The number of pyridine rings is 3. The van der Waals surface area contributed by atoms with Gasteiger partial charge in [-0.3, -0.25) is 9.78 Å². The second-order valence-corrected chi connectivity index (χ2v) is 12.1. The molecule has 0 saturated carbocycles. The summed E-state index contributed by atoms with van der Waals surface area (Å²) in [5.74, 6) is -1.08. The highest BCUT2D eigenvalue weighted by molar-refractivity contribution is 7.90. The molecule has 4 aromatic heterocycles. The van der Waals surface area contributed by atoms with Crippen LogP contribution in [-0.2, 0) is 27.4 Å². The molecule has 0 radical (unpaired) electrons. The van der Waals surface area contributed by atoms with E-state index in [1.165, 1.54) is 43.8 Å². The lowest BCUT2D eigenvalue weighted by molar-refractivity contribution is -0.137. The number of nitrogens with one attached hydrogen (secondary N) is 1. The molecular formula is C33H23F4N5O4S. The normalized spacial score (nSPS) is 11.9. The maximum Gasteiger partial charge on any atom is 0.417 e. The minimum Gasteiger partial charge on any atom is -0.481 e. The summed E-state index contributed by atoms with van der Waals surface area (Å²) in [6.07, 6.45) is -0.389. The van der Waals surface area contributed by atoms with Crippen LogP contribution in [0.2, 0.25) is 0 Å². The lowest BCUT2D eigenvalue weighted by Crippen LogP contribution is -2.15. The van der Waals surface area contributed by atoms with Gasteiger partial charge in [-0.25, -0.2) is 26.7 Å². The van der Waals surface area contributed by atoms with Crippen molar-refractivity contribution in [2.45, 2.75) is 17.5 Å². The van der Waals surface area contributed by atoms with Crippen molar-refractivity contribution >= 4 is 32.7 Å². The number of carbonyl (C=O) groups excluding carboxylic acids is 1. The Bertz CT molecular complexity index is 2240. The van der Waals surface area contributed by atoms with Crippen LogP contribution in [0.5, 0.6) is 5.88 Å². The van der Waals surface area contributed by atoms with Gasteiger partial charge in [-0.2, -0.15) is 13.2 Å². The van der Waals surface area contributed by atoms with E-state index in [4.69, 9.17) is 4.74 Å². The van der Waals surface area contributed by atoms with E-state index in [0.717, 1.165) is 22.3 Å². The third kappa shape index (κ3) is 6.40. The van der Waals surface area contributed by atoms with Crippen molar-refractivity contribution in [2.75, 3.05) is 12.4 Å². The molecule has 0 unspecified atom stereocenters. The number of rotatable bonds is 8. The van der Waals surface area contributed by atoms with Crippen molar-refractivity contribution in [1.82, 2.24) is 18.9 Å². The number of benzene rings is 2. The van der Waals surface area contributed by atoms with Crippen molar-refractivity contribution < 1.29 is 35.5 Å². The van der Waals surface area contributed by atoms with E-state index in [0.29, 0.717) is 22.7 Å². The van der Waals surface area contributed by atoms with Crippen LogP contribution in [0, 0.1) is 5.82 Å². The average molecular weight is 662 g/mol. The molecule has 4 heterocycles. The number of halogens is 4. The number of fused-ring (bicyclic) bond motifs is 1. The van der Waals surface area contributed by atoms with Crippen LogP contribution in [0.4, 0.5) is 23.2 Å². The first-order valence-electron chi connectivity index (χ1n) is 13.9. The molecule has 0 bridgehead atoms. The number of carbonyl (C=O) groups is 1. The number of nitrogens with zero attached hydrogens (tertiary/aromatic N) is 4. The fraction of sp³-hybridized carbons (Fsp3) is 0.0909. The third-order valence-corrected chi connectivity index (χ3v) is 8.90. The number of anilines is 1. The van der Waals surface area contributed by atoms with Gasteiger partial charge in [0.05, 0.1) is 41.6 Å². The van der Waals surface area contributed by atoms with Gasteiger partial charge in [0.1, 0.15) is 5.82 Å². The molecule has 0 spiro atoms. The number of hydrogen-bond acceptors (Lipinski definition) is 7. The summed E-state index contributed by atoms with van der Waals surface area (Å²) in [5, 5.41) is 2.75. The van der Waals surface area contributed by atoms with E-state index in [1.807, 2.05) is 0 Å². The van der Waals surface area contributed by atoms with Crippen molar-refractivity contribution in [2.24, 2.45) is 0 Å². The summed E-state index contributed by atoms with van der Waals surface area (Å²) in [6.45, 7) is 0. The Labute approximate surface area is 265 Å². The highest BCUT2D eigenvalue weighted by Crippen LogP contribution is 2.35. The van der Waals surface area contributed by atoms with Crippen LogP contribution < -0.4 is 10.1 Å². The first-order valence-corrected chi connectivity index (χ1v) is 15.3. The minimum atomic E-state index is -4.63. The average Bonchev–Trinajstić information content (AvgIpc) is 3.45. The molecule has 0 aliphatic rings.